The van der Waals surface area contributed by atoms with Gasteiger partial charge in [-0.2, -0.15) is 0 Å². The smallest absolute Gasteiger partial charge is 0.137 e. The van der Waals surface area contributed by atoms with Gasteiger partial charge in [0.2, 0.25) is 0 Å². The molecule has 13 heavy (non-hydrogen) atoms. The van der Waals surface area contributed by atoms with Crippen molar-refractivity contribution in [3.8, 4) is 5.75 Å². The first kappa shape index (κ1) is 10.3. The summed E-state index contributed by atoms with van der Waals surface area (Å²) >= 11 is 5.82. The van der Waals surface area contributed by atoms with E-state index in [1.807, 2.05) is 0 Å². The van der Waals surface area contributed by atoms with Gasteiger partial charge in [-0.05, 0) is 17.7 Å². The van der Waals surface area contributed by atoms with Gasteiger partial charge in [0.1, 0.15) is 5.75 Å². The van der Waals surface area contributed by atoms with Crippen LogP contribution in [0.1, 0.15) is 11.6 Å². The van der Waals surface area contributed by atoms with Gasteiger partial charge in [-0.3, -0.25) is 0 Å². The van der Waals surface area contributed by atoms with Crippen LogP contribution in [0.4, 0.5) is 0 Å². The van der Waals surface area contributed by atoms with E-state index in [4.69, 9.17) is 27.2 Å². The molecule has 1 aromatic rings. The maximum Gasteiger partial charge on any atom is 0.137 e. The van der Waals surface area contributed by atoms with Crippen LogP contribution in [-0.2, 0) is 0 Å². The molecule has 0 saturated carbocycles. The largest absolute Gasteiger partial charge is 0.495 e. The standard InChI is InChI=1S/C9H12ClNO2/c1-13-9-4-6(8(11)5-12)2-3-7(9)10/h2-4,8,12H,5,11H2,1H3. The van der Waals surface area contributed by atoms with Crippen molar-refractivity contribution in [2.75, 3.05) is 13.7 Å². The van der Waals surface area contributed by atoms with Crippen LogP contribution in [0.5, 0.6) is 5.75 Å². The molecule has 0 spiro atoms. The lowest BCUT2D eigenvalue weighted by Crippen LogP contribution is -2.14. The first-order valence-corrected chi connectivity index (χ1v) is 4.26. The number of aliphatic hydroxyl groups is 1. The zero-order valence-corrected chi connectivity index (χ0v) is 8.08. The number of ether oxygens (including phenoxy) is 1. The number of benzene rings is 1. The summed E-state index contributed by atoms with van der Waals surface area (Å²) in [6.45, 7) is -0.0925. The topological polar surface area (TPSA) is 55.5 Å². The molecule has 4 heteroatoms. The van der Waals surface area contributed by atoms with Crippen molar-refractivity contribution in [3.05, 3.63) is 28.8 Å². The fourth-order valence-corrected chi connectivity index (χ4v) is 1.21. The van der Waals surface area contributed by atoms with E-state index in [9.17, 15) is 0 Å². The predicted molar refractivity (Wildman–Crippen MR) is 52.0 cm³/mol. The van der Waals surface area contributed by atoms with Crippen LogP contribution in [0.2, 0.25) is 5.02 Å². The average Bonchev–Trinajstić information content (AvgIpc) is 2.17. The van der Waals surface area contributed by atoms with E-state index in [1.165, 1.54) is 7.11 Å². The second-order valence-electron chi connectivity index (χ2n) is 2.68. The second-order valence-corrected chi connectivity index (χ2v) is 3.09. The van der Waals surface area contributed by atoms with Crippen molar-refractivity contribution >= 4 is 11.6 Å². The predicted octanol–water partition coefficient (Wildman–Crippen LogP) is 1.34. The highest BCUT2D eigenvalue weighted by molar-refractivity contribution is 6.32. The molecule has 0 heterocycles. The fraction of sp³-hybridized carbons (Fsp3) is 0.333. The number of hydrogen-bond acceptors (Lipinski definition) is 3. The van der Waals surface area contributed by atoms with E-state index in [-0.39, 0.29) is 12.6 Å². The molecule has 1 aromatic carbocycles. The number of methoxy groups -OCH3 is 1. The summed E-state index contributed by atoms with van der Waals surface area (Å²) in [7, 11) is 1.54. The summed E-state index contributed by atoms with van der Waals surface area (Å²) in [6.07, 6.45) is 0. The van der Waals surface area contributed by atoms with Crippen LogP contribution in [0.25, 0.3) is 0 Å². The van der Waals surface area contributed by atoms with Crippen LogP contribution >= 0.6 is 11.6 Å². The van der Waals surface area contributed by atoms with Gasteiger partial charge in [-0.25, -0.2) is 0 Å². The molecule has 72 valence electrons. The van der Waals surface area contributed by atoms with Crippen LogP contribution in [0.15, 0.2) is 18.2 Å². The van der Waals surface area contributed by atoms with Gasteiger partial charge in [0.25, 0.3) is 0 Å². The van der Waals surface area contributed by atoms with Crippen LogP contribution in [0.3, 0.4) is 0 Å². The third kappa shape index (κ3) is 2.34. The minimum Gasteiger partial charge on any atom is -0.495 e. The van der Waals surface area contributed by atoms with Crippen LogP contribution < -0.4 is 10.5 Å². The summed E-state index contributed by atoms with van der Waals surface area (Å²) < 4.78 is 5.01. The molecule has 0 aliphatic heterocycles. The first-order valence-electron chi connectivity index (χ1n) is 3.89. The number of aliphatic hydroxyl groups excluding tert-OH is 1. The molecule has 1 unspecified atom stereocenters. The summed E-state index contributed by atoms with van der Waals surface area (Å²) in [6, 6.07) is 4.81. The summed E-state index contributed by atoms with van der Waals surface area (Å²) in [5.41, 5.74) is 6.43. The Bertz CT molecular complexity index is 291. The van der Waals surface area contributed by atoms with E-state index >= 15 is 0 Å². The monoisotopic (exact) mass is 201 g/mol. The van der Waals surface area contributed by atoms with E-state index in [2.05, 4.69) is 0 Å². The second kappa shape index (κ2) is 4.46. The van der Waals surface area contributed by atoms with Crippen molar-refractivity contribution in [3.63, 3.8) is 0 Å². The maximum absolute atomic E-state index is 8.82. The van der Waals surface area contributed by atoms with Gasteiger partial charge in [0.15, 0.2) is 0 Å². The summed E-state index contributed by atoms with van der Waals surface area (Å²) in [5.74, 6) is 0.572. The highest BCUT2D eigenvalue weighted by Gasteiger charge is 2.07. The number of rotatable bonds is 3. The zero-order chi connectivity index (χ0) is 9.84. The van der Waals surface area contributed by atoms with Crippen molar-refractivity contribution in [2.45, 2.75) is 6.04 Å². The molecule has 3 N–H and O–H groups in total. The summed E-state index contributed by atoms with van der Waals surface area (Å²) in [5, 5.41) is 9.36. The highest BCUT2D eigenvalue weighted by atomic mass is 35.5. The molecule has 0 aromatic heterocycles. The van der Waals surface area contributed by atoms with Crippen LogP contribution in [0, 0.1) is 0 Å². The van der Waals surface area contributed by atoms with Gasteiger partial charge in [-0.15, -0.1) is 0 Å². The molecule has 1 rings (SSSR count). The first-order chi connectivity index (χ1) is 6.19. The van der Waals surface area contributed by atoms with Gasteiger partial charge in [0, 0.05) is 0 Å². The molecule has 0 bridgehead atoms. The van der Waals surface area contributed by atoms with E-state index in [0.717, 1.165) is 5.56 Å². The number of nitrogens with two attached hydrogens (primary N) is 1. The Kier molecular flexibility index (Phi) is 3.54. The molecule has 1 atom stereocenters. The quantitative estimate of drug-likeness (QED) is 0.776. The minimum absolute atomic E-state index is 0.0925. The van der Waals surface area contributed by atoms with Crippen molar-refractivity contribution < 1.29 is 9.84 Å². The molecule has 3 nitrogen and oxygen atoms in total. The van der Waals surface area contributed by atoms with Gasteiger partial charge in [-0.1, -0.05) is 17.7 Å². The van der Waals surface area contributed by atoms with E-state index in [0.29, 0.717) is 10.8 Å². The third-order valence-electron chi connectivity index (χ3n) is 1.80. The average molecular weight is 202 g/mol. The van der Waals surface area contributed by atoms with Crippen molar-refractivity contribution in [1.82, 2.24) is 0 Å². The fourth-order valence-electron chi connectivity index (χ4n) is 1.01. The lowest BCUT2D eigenvalue weighted by atomic mass is 10.1. The Morgan fingerprint density at radius 3 is 2.85 bits per heavy atom. The third-order valence-corrected chi connectivity index (χ3v) is 2.11. The van der Waals surface area contributed by atoms with Crippen molar-refractivity contribution in [1.29, 1.82) is 0 Å². The number of halogens is 1. The maximum atomic E-state index is 8.82. The van der Waals surface area contributed by atoms with Crippen LogP contribution in [-0.4, -0.2) is 18.8 Å². The minimum atomic E-state index is -0.383. The molecular weight excluding hydrogens is 190 g/mol. The molecule has 0 radical (unpaired) electrons. The Labute approximate surface area is 82.1 Å². The Morgan fingerprint density at radius 2 is 2.31 bits per heavy atom. The normalized spacial score (nSPS) is 12.6. The SMILES string of the molecule is COc1cc(C(N)CO)ccc1Cl. The van der Waals surface area contributed by atoms with Gasteiger partial charge in [0.05, 0.1) is 24.8 Å². The van der Waals surface area contributed by atoms with Crippen molar-refractivity contribution in [2.24, 2.45) is 5.73 Å². The highest BCUT2D eigenvalue weighted by Crippen LogP contribution is 2.26. The molecule has 0 saturated heterocycles. The van der Waals surface area contributed by atoms with Gasteiger partial charge < -0.3 is 15.6 Å². The molecular formula is C9H12ClNO2. The molecule has 0 fully saturated rings. The summed E-state index contributed by atoms with van der Waals surface area (Å²) in [4.78, 5) is 0. The zero-order valence-electron chi connectivity index (χ0n) is 7.33. The Morgan fingerprint density at radius 1 is 1.62 bits per heavy atom. The number of hydrogen-bond donors (Lipinski definition) is 2. The Hall–Kier alpha value is -0.770. The Balaban J connectivity index is 2.99. The molecule has 0 amide bonds. The lowest BCUT2D eigenvalue weighted by Gasteiger charge is -2.10. The molecule has 0 aliphatic carbocycles. The van der Waals surface area contributed by atoms with Gasteiger partial charge >= 0.3 is 0 Å². The molecule has 0 aliphatic rings. The lowest BCUT2D eigenvalue weighted by molar-refractivity contribution is 0.267. The van der Waals surface area contributed by atoms with E-state index < -0.39 is 0 Å². The van der Waals surface area contributed by atoms with E-state index in [1.54, 1.807) is 18.2 Å².